The van der Waals surface area contributed by atoms with Gasteiger partial charge in [0.2, 0.25) is 0 Å². The van der Waals surface area contributed by atoms with Gasteiger partial charge in [-0.25, -0.2) is 14.4 Å². The average molecular weight is 397 g/mol. The van der Waals surface area contributed by atoms with E-state index in [0.29, 0.717) is 5.52 Å². The number of rotatable bonds is 1. The van der Waals surface area contributed by atoms with Crippen molar-refractivity contribution in [2.75, 3.05) is 0 Å². The van der Waals surface area contributed by atoms with Crippen LogP contribution in [-0.2, 0) is 13.2 Å². The van der Waals surface area contributed by atoms with Gasteiger partial charge in [-0.3, -0.25) is 9.36 Å². The molecule has 3 heterocycles. The molecule has 0 saturated carbocycles. The van der Waals surface area contributed by atoms with E-state index < -0.39 is 23.2 Å². The Morgan fingerprint density at radius 1 is 1.15 bits per heavy atom. The number of alkyl halides is 3. The fourth-order valence-electron chi connectivity index (χ4n) is 2.95. The molecule has 0 N–H and O–H groups in total. The lowest BCUT2D eigenvalue weighted by molar-refractivity contribution is -0.141. The predicted molar refractivity (Wildman–Crippen MR) is 91.6 cm³/mol. The Morgan fingerprint density at radius 2 is 1.89 bits per heavy atom. The molecule has 0 aliphatic carbocycles. The van der Waals surface area contributed by atoms with Gasteiger partial charge in [0.05, 0.1) is 22.6 Å². The van der Waals surface area contributed by atoms with Crippen molar-refractivity contribution in [3.05, 3.63) is 63.5 Å². The van der Waals surface area contributed by atoms with Crippen molar-refractivity contribution in [1.29, 1.82) is 0 Å². The van der Waals surface area contributed by atoms with Gasteiger partial charge in [-0.2, -0.15) is 13.2 Å². The standard InChI is InChI=1S/C17H9ClF4N4O/c1-25-7-23-13-14(25)9-3-5-12(17(20,21)22)24-15(9)26(16(13)27)11-4-2-8(19)6-10(11)18/h2-7H,1H3. The van der Waals surface area contributed by atoms with E-state index in [1.807, 2.05) is 0 Å². The number of aryl methyl sites for hydroxylation is 1. The summed E-state index contributed by atoms with van der Waals surface area (Å²) in [6.45, 7) is 0. The smallest absolute Gasteiger partial charge is 0.333 e. The maximum Gasteiger partial charge on any atom is 0.433 e. The highest BCUT2D eigenvalue weighted by Crippen LogP contribution is 2.32. The molecule has 0 unspecified atom stereocenters. The van der Waals surface area contributed by atoms with Crippen LogP contribution in [0.4, 0.5) is 17.6 Å². The van der Waals surface area contributed by atoms with E-state index in [1.54, 1.807) is 7.05 Å². The number of fused-ring (bicyclic) bond motifs is 3. The minimum Gasteiger partial charge on any atom is -0.333 e. The van der Waals surface area contributed by atoms with E-state index in [9.17, 15) is 22.4 Å². The number of benzene rings is 1. The van der Waals surface area contributed by atoms with Gasteiger partial charge in [0.15, 0.2) is 5.52 Å². The van der Waals surface area contributed by atoms with Crippen LogP contribution in [0.3, 0.4) is 0 Å². The maximum atomic E-state index is 13.4. The molecule has 10 heteroatoms. The molecule has 4 aromatic rings. The number of pyridine rings is 2. The summed E-state index contributed by atoms with van der Waals surface area (Å²) in [5, 5.41) is 0.130. The molecule has 27 heavy (non-hydrogen) atoms. The van der Waals surface area contributed by atoms with Gasteiger partial charge in [-0.05, 0) is 30.3 Å². The number of nitrogens with zero attached hydrogens (tertiary/aromatic N) is 4. The first-order chi connectivity index (χ1) is 12.7. The average Bonchev–Trinajstić information content (AvgIpc) is 2.98. The summed E-state index contributed by atoms with van der Waals surface area (Å²) in [7, 11) is 1.61. The molecule has 0 fully saturated rings. The molecule has 138 valence electrons. The Labute approximate surface area is 153 Å². The largest absolute Gasteiger partial charge is 0.433 e. The highest BCUT2D eigenvalue weighted by Gasteiger charge is 2.33. The van der Waals surface area contributed by atoms with Crippen LogP contribution in [0.5, 0.6) is 0 Å². The molecule has 4 rings (SSSR count). The Bertz CT molecular complexity index is 1280. The van der Waals surface area contributed by atoms with Crippen LogP contribution in [0, 0.1) is 5.82 Å². The van der Waals surface area contributed by atoms with Crippen molar-refractivity contribution in [3.63, 3.8) is 0 Å². The van der Waals surface area contributed by atoms with Gasteiger partial charge in [0.1, 0.15) is 17.2 Å². The minimum absolute atomic E-state index is 0.00689. The second-order valence-electron chi connectivity index (χ2n) is 5.85. The summed E-state index contributed by atoms with van der Waals surface area (Å²) in [5.74, 6) is -0.649. The number of halogens is 5. The van der Waals surface area contributed by atoms with Crippen LogP contribution >= 0.6 is 11.6 Å². The second kappa shape index (κ2) is 5.78. The van der Waals surface area contributed by atoms with Crippen molar-refractivity contribution in [1.82, 2.24) is 19.1 Å². The Hall–Kier alpha value is -2.94. The number of aromatic nitrogens is 4. The molecular formula is C17H9ClF4N4O. The number of imidazole rings is 1. The lowest BCUT2D eigenvalue weighted by Gasteiger charge is -2.14. The van der Waals surface area contributed by atoms with Crippen LogP contribution in [-0.4, -0.2) is 19.1 Å². The van der Waals surface area contributed by atoms with Gasteiger partial charge >= 0.3 is 6.18 Å². The van der Waals surface area contributed by atoms with E-state index >= 15 is 0 Å². The third kappa shape index (κ3) is 2.66. The van der Waals surface area contributed by atoms with Crippen molar-refractivity contribution in [3.8, 4) is 5.69 Å². The first kappa shape index (κ1) is 17.5. The zero-order chi connectivity index (χ0) is 19.5. The van der Waals surface area contributed by atoms with Crippen LogP contribution < -0.4 is 5.56 Å². The van der Waals surface area contributed by atoms with E-state index in [1.165, 1.54) is 23.0 Å². The van der Waals surface area contributed by atoms with Crippen LogP contribution in [0.25, 0.3) is 27.8 Å². The van der Waals surface area contributed by atoms with Crippen LogP contribution in [0.1, 0.15) is 5.69 Å². The minimum atomic E-state index is -4.71. The van der Waals surface area contributed by atoms with E-state index in [2.05, 4.69) is 9.97 Å². The molecule has 0 bridgehead atoms. The molecule has 0 spiro atoms. The normalized spacial score (nSPS) is 12.2. The first-order valence-corrected chi connectivity index (χ1v) is 7.95. The maximum absolute atomic E-state index is 13.4. The molecule has 0 radical (unpaired) electrons. The Morgan fingerprint density at radius 3 is 2.56 bits per heavy atom. The van der Waals surface area contributed by atoms with Crippen LogP contribution in [0.15, 0.2) is 41.5 Å². The van der Waals surface area contributed by atoms with Crippen molar-refractivity contribution >= 4 is 33.7 Å². The van der Waals surface area contributed by atoms with Gasteiger partial charge < -0.3 is 4.57 Å². The van der Waals surface area contributed by atoms with E-state index in [0.717, 1.165) is 22.8 Å². The molecule has 0 amide bonds. The lowest BCUT2D eigenvalue weighted by atomic mass is 10.2. The van der Waals surface area contributed by atoms with Crippen LogP contribution in [0.2, 0.25) is 5.02 Å². The predicted octanol–water partition coefficient (Wildman–Crippen LogP) is 4.08. The van der Waals surface area contributed by atoms with Gasteiger partial charge in [0.25, 0.3) is 5.56 Å². The summed E-state index contributed by atoms with van der Waals surface area (Å²) in [4.78, 5) is 20.7. The first-order valence-electron chi connectivity index (χ1n) is 7.58. The monoisotopic (exact) mass is 396 g/mol. The van der Waals surface area contributed by atoms with Gasteiger partial charge in [-0.1, -0.05) is 11.6 Å². The summed E-state index contributed by atoms with van der Waals surface area (Å²) in [6, 6.07) is 5.27. The topological polar surface area (TPSA) is 52.7 Å². The Balaban J connectivity index is 2.24. The summed E-state index contributed by atoms with van der Waals surface area (Å²) in [6.07, 6.45) is -3.33. The van der Waals surface area contributed by atoms with E-state index in [4.69, 9.17) is 11.6 Å². The van der Waals surface area contributed by atoms with Crippen molar-refractivity contribution in [2.45, 2.75) is 6.18 Å². The molecule has 0 saturated heterocycles. The highest BCUT2D eigenvalue weighted by atomic mass is 35.5. The summed E-state index contributed by atoms with van der Waals surface area (Å²) in [5.41, 5.74) is -1.74. The summed E-state index contributed by atoms with van der Waals surface area (Å²) < 4.78 is 55.4. The fraction of sp³-hybridized carbons (Fsp3) is 0.118. The Kier molecular flexibility index (Phi) is 3.74. The van der Waals surface area contributed by atoms with Crippen molar-refractivity contribution in [2.24, 2.45) is 7.05 Å². The third-order valence-corrected chi connectivity index (χ3v) is 4.43. The molecule has 3 aromatic heterocycles. The van der Waals surface area contributed by atoms with Gasteiger partial charge in [-0.15, -0.1) is 0 Å². The molecule has 5 nitrogen and oxygen atoms in total. The zero-order valence-electron chi connectivity index (χ0n) is 13.6. The molecule has 0 aliphatic rings. The van der Waals surface area contributed by atoms with E-state index in [-0.39, 0.29) is 27.3 Å². The summed E-state index contributed by atoms with van der Waals surface area (Å²) >= 11 is 6.05. The second-order valence-corrected chi connectivity index (χ2v) is 6.26. The zero-order valence-corrected chi connectivity index (χ0v) is 14.3. The highest BCUT2D eigenvalue weighted by molar-refractivity contribution is 6.32. The molecular weight excluding hydrogens is 388 g/mol. The molecule has 1 aromatic carbocycles. The quantitative estimate of drug-likeness (QED) is 0.455. The fourth-order valence-corrected chi connectivity index (χ4v) is 3.21. The van der Waals surface area contributed by atoms with Gasteiger partial charge in [0, 0.05) is 12.4 Å². The SMILES string of the molecule is Cn1cnc2c(=O)n(-c3ccc(F)cc3Cl)c3nc(C(F)(F)F)ccc3c21. The third-order valence-electron chi connectivity index (χ3n) is 4.13. The molecule has 0 atom stereocenters. The number of hydrogen-bond acceptors (Lipinski definition) is 3. The number of hydrogen-bond donors (Lipinski definition) is 0. The molecule has 0 aliphatic heterocycles. The lowest BCUT2D eigenvalue weighted by Crippen LogP contribution is -2.22. The van der Waals surface area contributed by atoms with Crippen molar-refractivity contribution < 1.29 is 17.6 Å².